The summed E-state index contributed by atoms with van der Waals surface area (Å²) < 4.78 is 5.73. The van der Waals surface area contributed by atoms with Crippen molar-refractivity contribution in [2.75, 3.05) is 20.2 Å². The van der Waals surface area contributed by atoms with Gasteiger partial charge in [0.05, 0.1) is 6.61 Å². The Morgan fingerprint density at radius 1 is 1.05 bits per heavy atom. The van der Waals surface area contributed by atoms with Gasteiger partial charge in [-0.1, -0.05) is 56.9 Å². The molecule has 2 nitrogen and oxygen atoms in total. The molecule has 19 heavy (non-hydrogen) atoms. The molecule has 0 radical (unpaired) electrons. The number of hydrogen-bond donors (Lipinski definition) is 1. The molecule has 0 bridgehead atoms. The molecule has 0 saturated carbocycles. The summed E-state index contributed by atoms with van der Waals surface area (Å²) in [6.45, 7) is 3.97. The van der Waals surface area contributed by atoms with Crippen molar-refractivity contribution in [1.29, 1.82) is 0 Å². The summed E-state index contributed by atoms with van der Waals surface area (Å²) in [6.07, 6.45) is 10.6. The van der Waals surface area contributed by atoms with Crippen LogP contribution in [0.3, 0.4) is 0 Å². The van der Waals surface area contributed by atoms with Gasteiger partial charge in [0, 0.05) is 6.54 Å². The van der Waals surface area contributed by atoms with Crippen LogP contribution in [0.15, 0.2) is 30.3 Å². The maximum Gasteiger partial charge on any atom is 0.119 e. The highest BCUT2D eigenvalue weighted by molar-refractivity contribution is 5.50. The summed E-state index contributed by atoms with van der Waals surface area (Å²) in [7, 11) is 1.95. The Hall–Kier alpha value is -1.28. The minimum atomic E-state index is 0.832. The van der Waals surface area contributed by atoms with Crippen molar-refractivity contribution < 1.29 is 4.74 Å². The third-order valence-electron chi connectivity index (χ3n) is 3.03. The Morgan fingerprint density at radius 2 is 1.79 bits per heavy atom. The number of nitrogens with one attached hydrogen (secondary N) is 1. The first-order chi connectivity index (χ1) is 9.36. The fourth-order valence-corrected chi connectivity index (χ4v) is 1.88. The van der Waals surface area contributed by atoms with Crippen LogP contribution >= 0.6 is 0 Å². The first-order valence-electron chi connectivity index (χ1n) is 7.41. The van der Waals surface area contributed by atoms with Gasteiger partial charge in [-0.3, -0.25) is 0 Å². The third-order valence-corrected chi connectivity index (χ3v) is 3.03. The van der Waals surface area contributed by atoms with E-state index in [4.69, 9.17) is 4.74 Å². The minimum absolute atomic E-state index is 0.832. The molecule has 2 heteroatoms. The standard InChI is InChI=1S/C17H27NO/c1-3-4-5-6-7-15-19-17-12-10-16(11-13-17)9-8-14-18-2/h8-13,18H,3-7,14-15H2,1-2H3. The summed E-state index contributed by atoms with van der Waals surface area (Å²) in [6, 6.07) is 8.29. The zero-order valence-electron chi connectivity index (χ0n) is 12.3. The molecule has 0 atom stereocenters. The smallest absolute Gasteiger partial charge is 0.119 e. The van der Waals surface area contributed by atoms with Crippen molar-refractivity contribution in [3.8, 4) is 5.75 Å². The van der Waals surface area contributed by atoms with Crippen molar-refractivity contribution in [2.45, 2.75) is 39.0 Å². The van der Waals surface area contributed by atoms with Crippen LogP contribution in [0.1, 0.15) is 44.6 Å². The van der Waals surface area contributed by atoms with Crippen molar-refractivity contribution in [3.05, 3.63) is 35.9 Å². The van der Waals surface area contributed by atoms with Crippen LogP contribution < -0.4 is 10.1 Å². The second-order valence-corrected chi connectivity index (χ2v) is 4.79. The van der Waals surface area contributed by atoms with Gasteiger partial charge in [0.2, 0.25) is 0 Å². The first kappa shape index (κ1) is 15.8. The highest BCUT2D eigenvalue weighted by Crippen LogP contribution is 2.14. The molecule has 0 fully saturated rings. The van der Waals surface area contributed by atoms with E-state index in [-0.39, 0.29) is 0 Å². The monoisotopic (exact) mass is 261 g/mol. The number of unbranched alkanes of at least 4 members (excludes halogenated alkanes) is 4. The molecule has 0 saturated heterocycles. The molecule has 0 aromatic heterocycles. The fourth-order valence-electron chi connectivity index (χ4n) is 1.88. The Kier molecular flexibility index (Phi) is 8.82. The summed E-state index contributed by atoms with van der Waals surface area (Å²) in [5.41, 5.74) is 1.21. The minimum Gasteiger partial charge on any atom is -0.494 e. The predicted molar refractivity (Wildman–Crippen MR) is 83.7 cm³/mol. The number of benzene rings is 1. The highest BCUT2D eigenvalue weighted by atomic mass is 16.5. The van der Waals surface area contributed by atoms with Gasteiger partial charge in [-0.15, -0.1) is 0 Å². The van der Waals surface area contributed by atoms with Crippen molar-refractivity contribution >= 4 is 6.08 Å². The second-order valence-electron chi connectivity index (χ2n) is 4.79. The maximum absolute atomic E-state index is 5.73. The van der Waals surface area contributed by atoms with E-state index in [1.807, 2.05) is 19.2 Å². The first-order valence-corrected chi connectivity index (χ1v) is 7.41. The lowest BCUT2D eigenvalue weighted by atomic mass is 10.2. The summed E-state index contributed by atoms with van der Waals surface area (Å²) in [5, 5.41) is 3.09. The lowest BCUT2D eigenvalue weighted by Gasteiger charge is -2.06. The Bertz CT molecular complexity index is 343. The van der Waals surface area contributed by atoms with Crippen LogP contribution in [0, 0.1) is 0 Å². The molecule has 0 unspecified atom stereocenters. The van der Waals surface area contributed by atoms with Crippen LogP contribution in [0.4, 0.5) is 0 Å². The van der Waals surface area contributed by atoms with Crippen molar-refractivity contribution in [2.24, 2.45) is 0 Å². The molecular weight excluding hydrogens is 234 g/mol. The van der Waals surface area contributed by atoms with E-state index < -0.39 is 0 Å². The molecular formula is C17H27NO. The predicted octanol–water partition coefficient (Wildman–Crippen LogP) is 4.27. The molecule has 0 amide bonds. The highest BCUT2D eigenvalue weighted by Gasteiger charge is 1.94. The lowest BCUT2D eigenvalue weighted by Crippen LogP contribution is -2.03. The van der Waals surface area contributed by atoms with E-state index in [2.05, 4.69) is 36.5 Å². The summed E-state index contributed by atoms with van der Waals surface area (Å²) in [4.78, 5) is 0. The molecule has 1 aromatic rings. The van der Waals surface area contributed by atoms with Crippen LogP contribution in [-0.2, 0) is 0 Å². The van der Waals surface area contributed by atoms with Crippen molar-refractivity contribution in [3.63, 3.8) is 0 Å². The summed E-state index contributed by atoms with van der Waals surface area (Å²) >= 11 is 0. The van der Waals surface area contributed by atoms with Gasteiger partial charge in [0.1, 0.15) is 5.75 Å². The van der Waals surface area contributed by atoms with Crippen LogP contribution in [0.2, 0.25) is 0 Å². The zero-order chi connectivity index (χ0) is 13.8. The van der Waals surface area contributed by atoms with Gasteiger partial charge in [-0.25, -0.2) is 0 Å². The van der Waals surface area contributed by atoms with E-state index in [9.17, 15) is 0 Å². The maximum atomic E-state index is 5.73. The second kappa shape index (κ2) is 10.6. The number of ether oxygens (including phenoxy) is 1. The van der Waals surface area contributed by atoms with Gasteiger partial charge in [0.25, 0.3) is 0 Å². The normalized spacial score (nSPS) is 11.1. The van der Waals surface area contributed by atoms with Crippen LogP contribution in [0.25, 0.3) is 6.08 Å². The molecule has 0 aliphatic rings. The average molecular weight is 261 g/mol. The lowest BCUT2D eigenvalue weighted by molar-refractivity contribution is 0.304. The van der Waals surface area contributed by atoms with Crippen molar-refractivity contribution in [1.82, 2.24) is 5.32 Å². The Morgan fingerprint density at radius 3 is 2.47 bits per heavy atom. The van der Waals surface area contributed by atoms with E-state index in [0.29, 0.717) is 0 Å². The zero-order valence-corrected chi connectivity index (χ0v) is 12.3. The number of likely N-dealkylation sites (N-methyl/N-ethyl adjacent to an activating group) is 1. The van der Waals surface area contributed by atoms with Crippen LogP contribution in [-0.4, -0.2) is 20.2 Å². The van der Waals surface area contributed by atoms with E-state index >= 15 is 0 Å². The molecule has 1 rings (SSSR count). The van der Waals surface area contributed by atoms with E-state index in [1.165, 1.54) is 31.2 Å². The number of hydrogen-bond acceptors (Lipinski definition) is 2. The molecule has 0 aliphatic heterocycles. The molecule has 0 spiro atoms. The number of rotatable bonds is 10. The Balaban J connectivity index is 2.20. The van der Waals surface area contributed by atoms with Gasteiger partial charge in [-0.05, 0) is 31.2 Å². The van der Waals surface area contributed by atoms with Crippen LogP contribution in [0.5, 0.6) is 5.75 Å². The quantitative estimate of drug-likeness (QED) is 0.635. The molecule has 1 aromatic carbocycles. The summed E-state index contributed by atoms with van der Waals surface area (Å²) in [5.74, 6) is 0.973. The average Bonchev–Trinajstić information content (AvgIpc) is 2.44. The SMILES string of the molecule is CCCCCCCOc1ccc(C=CCNC)cc1. The largest absolute Gasteiger partial charge is 0.494 e. The fraction of sp³-hybridized carbons (Fsp3) is 0.529. The molecule has 0 heterocycles. The van der Waals surface area contributed by atoms with E-state index in [1.54, 1.807) is 0 Å². The van der Waals surface area contributed by atoms with Gasteiger partial charge < -0.3 is 10.1 Å². The molecule has 106 valence electrons. The van der Waals surface area contributed by atoms with E-state index in [0.717, 1.165) is 25.3 Å². The molecule has 0 aliphatic carbocycles. The Labute approximate surface area is 117 Å². The molecule has 1 N–H and O–H groups in total. The topological polar surface area (TPSA) is 21.3 Å². The van der Waals surface area contributed by atoms with Gasteiger partial charge in [0.15, 0.2) is 0 Å². The van der Waals surface area contributed by atoms with Gasteiger partial charge in [-0.2, -0.15) is 0 Å². The third kappa shape index (κ3) is 7.68. The van der Waals surface area contributed by atoms with Gasteiger partial charge >= 0.3 is 0 Å².